The van der Waals surface area contributed by atoms with Crippen LogP contribution in [0.3, 0.4) is 0 Å². The largest absolute Gasteiger partial charge is 0.465 e. The van der Waals surface area contributed by atoms with Gasteiger partial charge >= 0.3 is 18.0 Å². The van der Waals surface area contributed by atoms with E-state index in [9.17, 15) is 19.2 Å². The highest BCUT2D eigenvalue weighted by Crippen LogP contribution is 2.27. The van der Waals surface area contributed by atoms with E-state index in [0.29, 0.717) is 11.4 Å². The Morgan fingerprint density at radius 3 is 2.08 bits per heavy atom. The number of benzodiazepines with no additional fused rings is 1. The molecule has 2 N–H and O–H groups in total. The SMILES string of the molecule is COC(=O)c1cc(NC(=O)NC2N=C(c3ccccc3)c3ccccc3N(C)C2=O)cc(C(=O)OC)c1. The Morgan fingerprint density at radius 1 is 0.865 bits per heavy atom. The van der Waals surface area contributed by atoms with Crippen molar-refractivity contribution >= 4 is 41.0 Å². The number of aliphatic imine (C=N–C) groups is 1. The van der Waals surface area contributed by atoms with Crippen LogP contribution in [0.15, 0.2) is 77.8 Å². The maximum atomic E-state index is 13.3. The molecular weight excluding hydrogens is 476 g/mol. The van der Waals surface area contributed by atoms with Crippen LogP contribution in [-0.2, 0) is 14.3 Å². The Balaban J connectivity index is 1.66. The average Bonchev–Trinajstić information content (AvgIpc) is 3.03. The number of para-hydroxylation sites is 1. The van der Waals surface area contributed by atoms with E-state index >= 15 is 0 Å². The van der Waals surface area contributed by atoms with E-state index in [4.69, 9.17) is 9.47 Å². The number of urea groups is 1. The molecule has 3 amide bonds. The molecule has 0 aliphatic carbocycles. The first-order valence-electron chi connectivity index (χ1n) is 11.2. The summed E-state index contributed by atoms with van der Waals surface area (Å²) in [6, 6.07) is 19.9. The van der Waals surface area contributed by atoms with Gasteiger partial charge in [-0.3, -0.25) is 4.79 Å². The fourth-order valence-corrected chi connectivity index (χ4v) is 3.90. The fourth-order valence-electron chi connectivity index (χ4n) is 3.90. The molecule has 37 heavy (non-hydrogen) atoms. The number of fused-ring (bicyclic) bond motifs is 1. The Morgan fingerprint density at radius 2 is 1.46 bits per heavy atom. The number of carbonyl (C=O) groups is 4. The molecule has 10 nitrogen and oxygen atoms in total. The van der Waals surface area contributed by atoms with Crippen molar-refractivity contribution in [2.24, 2.45) is 4.99 Å². The lowest BCUT2D eigenvalue weighted by Crippen LogP contribution is -2.47. The first-order valence-corrected chi connectivity index (χ1v) is 11.2. The van der Waals surface area contributed by atoms with Gasteiger partial charge in [-0.1, -0.05) is 48.5 Å². The molecule has 1 aliphatic rings. The number of methoxy groups -OCH3 is 2. The van der Waals surface area contributed by atoms with Crippen molar-refractivity contribution in [2.75, 3.05) is 31.5 Å². The van der Waals surface area contributed by atoms with E-state index in [-0.39, 0.29) is 16.8 Å². The maximum absolute atomic E-state index is 13.3. The smallest absolute Gasteiger partial charge is 0.337 e. The molecule has 0 radical (unpaired) electrons. The summed E-state index contributed by atoms with van der Waals surface area (Å²) < 4.78 is 9.45. The Kier molecular flexibility index (Phi) is 7.28. The maximum Gasteiger partial charge on any atom is 0.337 e. The number of carbonyl (C=O) groups excluding carboxylic acids is 4. The number of ether oxygens (including phenoxy) is 2. The van der Waals surface area contributed by atoms with Gasteiger partial charge in [-0.15, -0.1) is 0 Å². The van der Waals surface area contributed by atoms with E-state index in [1.807, 2.05) is 48.5 Å². The predicted octanol–water partition coefficient (Wildman–Crippen LogP) is 3.22. The topological polar surface area (TPSA) is 126 Å². The van der Waals surface area contributed by atoms with Crippen LogP contribution in [-0.4, -0.2) is 57.0 Å². The molecule has 3 aromatic rings. The van der Waals surface area contributed by atoms with Gasteiger partial charge in [0.2, 0.25) is 6.17 Å². The number of rotatable bonds is 5. The Labute approximate surface area is 212 Å². The lowest BCUT2D eigenvalue weighted by atomic mass is 10.0. The standard InChI is InChI=1S/C27H24N4O6/c1-31-21-12-8-7-11-20(21)22(16-9-5-4-6-10-16)29-23(24(31)32)30-27(35)28-19-14-17(25(33)36-2)13-18(15-19)26(34)37-3/h4-15,23H,1-3H3,(H2,28,30,35). The summed E-state index contributed by atoms with van der Waals surface area (Å²) >= 11 is 0. The molecule has 188 valence electrons. The predicted molar refractivity (Wildman–Crippen MR) is 137 cm³/mol. The second kappa shape index (κ2) is 10.7. The van der Waals surface area contributed by atoms with E-state index in [0.717, 1.165) is 11.1 Å². The summed E-state index contributed by atoms with van der Waals surface area (Å²) in [4.78, 5) is 56.4. The molecule has 1 unspecified atom stereocenters. The highest BCUT2D eigenvalue weighted by molar-refractivity contribution is 6.20. The van der Waals surface area contributed by atoms with Gasteiger partial charge in [-0.2, -0.15) is 0 Å². The zero-order chi connectivity index (χ0) is 26.5. The molecular formula is C27H24N4O6. The molecule has 0 fully saturated rings. The molecule has 1 aliphatic heterocycles. The lowest BCUT2D eigenvalue weighted by Gasteiger charge is -2.21. The van der Waals surface area contributed by atoms with Gasteiger partial charge in [0.15, 0.2) is 0 Å². The minimum atomic E-state index is -1.25. The third kappa shape index (κ3) is 5.32. The van der Waals surface area contributed by atoms with Crippen molar-refractivity contribution in [1.29, 1.82) is 0 Å². The minimum absolute atomic E-state index is 0.0332. The van der Waals surface area contributed by atoms with E-state index in [1.165, 1.54) is 37.3 Å². The zero-order valence-electron chi connectivity index (χ0n) is 20.3. The third-order valence-electron chi connectivity index (χ3n) is 5.69. The average molecular weight is 501 g/mol. The molecule has 1 heterocycles. The quantitative estimate of drug-likeness (QED) is 0.518. The number of benzene rings is 3. The van der Waals surface area contributed by atoms with Gasteiger partial charge in [-0.25, -0.2) is 19.4 Å². The normalized spacial score (nSPS) is 14.6. The molecule has 10 heteroatoms. The summed E-state index contributed by atoms with van der Waals surface area (Å²) in [6.07, 6.45) is -1.25. The molecule has 0 spiro atoms. The monoisotopic (exact) mass is 500 g/mol. The number of esters is 2. The van der Waals surface area contributed by atoms with Gasteiger partial charge in [-0.05, 0) is 24.3 Å². The summed E-state index contributed by atoms with van der Waals surface area (Å²) in [5.41, 5.74) is 2.89. The number of anilines is 2. The second-order valence-corrected chi connectivity index (χ2v) is 8.04. The van der Waals surface area contributed by atoms with Gasteiger partial charge in [0.1, 0.15) is 0 Å². The number of nitrogens with one attached hydrogen (secondary N) is 2. The van der Waals surface area contributed by atoms with Crippen LogP contribution in [0.5, 0.6) is 0 Å². The van der Waals surface area contributed by atoms with Crippen LogP contribution in [0, 0.1) is 0 Å². The zero-order valence-corrected chi connectivity index (χ0v) is 20.3. The Bertz CT molecular complexity index is 1370. The lowest BCUT2D eigenvalue weighted by molar-refractivity contribution is -0.119. The minimum Gasteiger partial charge on any atom is -0.465 e. The first kappa shape index (κ1) is 25.1. The third-order valence-corrected chi connectivity index (χ3v) is 5.69. The molecule has 1 atom stereocenters. The summed E-state index contributed by atoms with van der Waals surface area (Å²) in [7, 11) is 4.00. The molecule has 3 aromatic carbocycles. The summed E-state index contributed by atoms with van der Waals surface area (Å²) in [6.45, 7) is 0. The number of hydrogen-bond donors (Lipinski definition) is 2. The van der Waals surface area contributed by atoms with E-state index < -0.39 is 30.0 Å². The van der Waals surface area contributed by atoms with Crippen LogP contribution >= 0.6 is 0 Å². The summed E-state index contributed by atoms with van der Waals surface area (Å²) in [5, 5.41) is 5.14. The number of hydrogen-bond acceptors (Lipinski definition) is 7. The van der Waals surface area contributed by atoms with Crippen molar-refractivity contribution < 1.29 is 28.7 Å². The van der Waals surface area contributed by atoms with Crippen LogP contribution < -0.4 is 15.5 Å². The van der Waals surface area contributed by atoms with Crippen LogP contribution in [0.2, 0.25) is 0 Å². The Hall–Kier alpha value is -4.99. The molecule has 0 aromatic heterocycles. The van der Waals surface area contributed by atoms with Crippen LogP contribution in [0.4, 0.5) is 16.2 Å². The first-order chi connectivity index (χ1) is 17.8. The fraction of sp³-hybridized carbons (Fsp3) is 0.148. The van der Waals surface area contributed by atoms with Crippen LogP contribution in [0.1, 0.15) is 31.8 Å². The van der Waals surface area contributed by atoms with E-state index in [1.54, 1.807) is 13.1 Å². The van der Waals surface area contributed by atoms with Gasteiger partial charge in [0, 0.05) is 23.9 Å². The molecule has 4 rings (SSSR count). The molecule has 0 bridgehead atoms. The van der Waals surface area contributed by atoms with Gasteiger partial charge in [0.25, 0.3) is 5.91 Å². The van der Waals surface area contributed by atoms with Crippen molar-refractivity contribution in [2.45, 2.75) is 6.17 Å². The second-order valence-electron chi connectivity index (χ2n) is 8.04. The van der Waals surface area contributed by atoms with Gasteiger partial charge < -0.3 is 25.0 Å². The van der Waals surface area contributed by atoms with Gasteiger partial charge in [0.05, 0.1) is 36.7 Å². The van der Waals surface area contributed by atoms with Crippen molar-refractivity contribution in [1.82, 2.24) is 5.32 Å². The molecule has 0 saturated carbocycles. The van der Waals surface area contributed by atoms with Crippen molar-refractivity contribution in [3.8, 4) is 0 Å². The molecule has 0 saturated heterocycles. The summed E-state index contributed by atoms with van der Waals surface area (Å²) in [5.74, 6) is -1.86. The van der Waals surface area contributed by atoms with Crippen molar-refractivity contribution in [3.05, 3.63) is 95.1 Å². The van der Waals surface area contributed by atoms with Crippen molar-refractivity contribution in [3.63, 3.8) is 0 Å². The number of likely N-dealkylation sites (N-methyl/N-ethyl adjacent to an activating group) is 1. The highest BCUT2D eigenvalue weighted by Gasteiger charge is 2.31. The number of amides is 3. The highest BCUT2D eigenvalue weighted by atomic mass is 16.5. The number of nitrogens with zero attached hydrogens (tertiary/aromatic N) is 2. The van der Waals surface area contributed by atoms with Crippen LogP contribution in [0.25, 0.3) is 0 Å². The van der Waals surface area contributed by atoms with E-state index in [2.05, 4.69) is 15.6 Å².